The lowest BCUT2D eigenvalue weighted by Gasteiger charge is -2.25. The molecule has 0 saturated carbocycles. The van der Waals surface area contributed by atoms with Crippen molar-refractivity contribution >= 4 is 6.03 Å². The Hall–Kier alpha value is -3.39. The van der Waals surface area contributed by atoms with E-state index in [2.05, 4.69) is 25.6 Å². The van der Waals surface area contributed by atoms with E-state index in [0.29, 0.717) is 18.9 Å². The average Bonchev–Trinajstić information content (AvgIpc) is 3.27. The number of methoxy groups -OCH3 is 1. The molecule has 0 aliphatic heterocycles. The molecule has 152 valence electrons. The summed E-state index contributed by atoms with van der Waals surface area (Å²) in [7, 11) is 5.61. The van der Waals surface area contributed by atoms with Gasteiger partial charge in [0, 0.05) is 31.7 Å². The number of nitrogens with one attached hydrogen (secondary N) is 2. The lowest BCUT2D eigenvalue weighted by atomic mass is 10.1. The zero-order chi connectivity index (χ0) is 20.6. The van der Waals surface area contributed by atoms with Crippen LogP contribution in [0.4, 0.5) is 4.79 Å². The van der Waals surface area contributed by atoms with Gasteiger partial charge < -0.3 is 20.3 Å². The van der Waals surface area contributed by atoms with Crippen molar-refractivity contribution in [2.24, 2.45) is 0 Å². The number of hydrogen-bond donors (Lipinski definition) is 2. The van der Waals surface area contributed by atoms with E-state index >= 15 is 0 Å². The van der Waals surface area contributed by atoms with Crippen LogP contribution in [0.2, 0.25) is 0 Å². The van der Waals surface area contributed by atoms with Gasteiger partial charge in [-0.1, -0.05) is 12.1 Å². The Morgan fingerprint density at radius 1 is 1.17 bits per heavy atom. The molecule has 3 aromatic rings. The minimum Gasteiger partial charge on any atom is -0.497 e. The van der Waals surface area contributed by atoms with Gasteiger partial charge in [0.2, 0.25) is 0 Å². The van der Waals surface area contributed by atoms with Gasteiger partial charge in [0.1, 0.15) is 5.75 Å². The molecule has 2 heterocycles. The van der Waals surface area contributed by atoms with Crippen LogP contribution in [0.5, 0.6) is 5.75 Å². The summed E-state index contributed by atoms with van der Waals surface area (Å²) >= 11 is 0. The fourth-order valence-electron chi connectivity index (χ4n) is 2.98. The summed E-state index contributed by atoms with van der Waals surface area (Å²) in [4.78, 5) is 18.7. The van der Waals surface area contributed by atoms with Crippen molar-refractivity contribution in [3.8, 4) is 11.6 Å². The van der Waals surface area contributed by atoms with Gasteiger partial charge in [-0.2, -0.15) is 5.10 Å². The molecule has 2 N–H and O–H groups in total. The van der Waals surface area contributed by atoms with Crippen LogP contribution in [0.3, 0.4) is 0 Å². The van der Waals surface area contributed by atoms with Crippen LogP contribution in [0.25, 0.3) is 5.82 Å². The molecule has 1 atom stereocenters. The highest BCUT2D eigenvalue weighted by Crippen LogP contribution is 2.22. The second-order valence-electron chi connectivity index (χ2n) is 6.79. The van der Waals surface area contributed by atoms with Crippen LogP contribution in [0.1, 0.15) is 17.2 Å². The Labute approximate surface area is 170 Å². The van der Waals surface area contributed by atoms with Crippen molar-refractivity contribution in [3.05, 3.63) is 72.2 Å². The Balaban J connectivity index is 1.55. The normalized spacial score (nSPS) is 11.9. The fourth-order valence-corrected chi connectivity index (χ4v) is 2.98. The van der Waals surface area contributed by atoms with Crippen molar-refractivity contribution in [1.29, 1.82) is 0 Å². The summed E-state index contributed by atoms with van der Waals surface area (Å²) in [5.41, 5.74) is 2.02. The van der Waals surface area contributed by atoms with Crippen LogP contribution in [-0.4, -0.2) is 53.4 Å². The molecule has 1 aromatic carbocycles. The Morgan fingerprint density at radius 3 is 2.76 bits per heavy atom. The number of carbonyl (C=O) groups is 1. The number of benzene rings is 1. The second-order valence-corrected chi connectivity index (χ2v) is 6.79. The second kappa shape index (κ2) is 9.70. The van der Waals surface area contributed by atoms with Crippen LogP contribution < -0.4 is 15.4 Å². The smallest absolute Gasteiger partial charge is 0.315 e. The molecular formula is C21H26N6O2. The summed E-state index contributed by atoms with van der Waals surface area (Å²) in [6.07, 6.45) is 5.23. The van der Waals surface area contributed by atoms with E-state index in [9.17, 15) is 4.79 Å². The van der Waals surface area contributed by atoms with Crippen molar-refractivity contribution < 1.29 is 9.53 Å². The van der Waals surface area contributed by atoms with E-state index in [1.165, 1.54) is 0 Å². The number of carbonyl (C=O) groups excluding carboxylic acids is 1. The van der Waals surface area contributed by atoms with Crippen molar-refractivity contribution in [1.82, 2.24) is 30.3 Å². The SMILES string of the molecule is COc1cccc(C(CNC(=O)NCc2ccnc(-n3cccn3)c2)N(C)C)c1. The minimum absolute atomic E-state index is 0.0307. The first-order valence-corrected chi connectivity index (χ1v) is 9.34. The van der Waals surface area contributed by atoms with Gasteiger partial charge in [-0.05, 0) is 55.6 Å². The average molecular weight is 394 g/mol. The third kappa shape index (κ3) is 5.55. The number of pyridine rings is 1. The summed E-state index contributed by atoms with van der Waals surface area (Å²) in [5.74, 6) is 1.50. The molecule has 0 aliphatic rings. The zero-order valence-electron chi connectivity index (χ0n) is 16.9. The summed E-state index contributed by atoms with van der Waals surface area (Å²) in [5, 5.41) is 10.0. The maximum Gasteiger partial charge on any atom is 0.315 e. The molecule has 0 bridgehead atoms. The van der Waals surface area contributed by atoms with Gasteiger partial charge in [0.25, 0.3) is 0 Å². The van der Waals surface area contributed by atoms with Crippen LogP contribution in [0.15, 0.2) is 61.1 Å². The standard InChI is InChI=1S/C21H26N6O2/c1-26(2)19(17-6-4-7-18(13-17)29-3)15-24-21(28)23-14-16-8-10-22-20(12-16)27-11-5-9-25-27/h4-13,19H,14-15H2,1-3H3,(H2,23,24,28). The van der Waals surface area contributed by atoms with Crippen LogP contribution in [0, 0.1) is 0 Å². The van der Waals surface area contributed by atoms with E-state index in [4.69, 9.17) is 4.74 Å². The van der Waals surface area contributed by atoms with Gasteiger partial charge in [-0.3, -0.25) is 0 Å². The number of hydrogen-bond acceptors (Lipinski definition) is 5. The molecule has 0 saturated heterocycles. The minimum atomic E-state index is -0.225. The molecule has 1 unspecified atom stereocenters. The van der Waals surface area contributed by atoms with Gasteiger partial charge >= 0.3 is 6.03 Å². The summed E-state index contributed by atoms with van der Waals surface area (Å²) in [6, 6.07) is 13.3. The van der Waals surface area contributed by atoms with Gasteiger partial charge in [-0.15, -0.1) is 0 Å². The van der Waals surface area contributed by atoms with Crippen molar-refractivity contribution in [3.63, 3.8) is 0 Å². The maximum atomic E-state index is 12.3. The third-order valence-electron chi connectivity index (χ3n) is 4.56. The molecule has 2 amide bonds. The number of aromatic nitrogens is 3. The number of ether oxygens (including phenoxy) is 1. The third-order valence-corrected chi connectivity index (χ3v) is 4.56. The van der Waals surface area contributed by atoms with E-state index < -0.39 is 0 Å². The van der Waals surface area contributed by atoms with Gasteiger partial charge in [0.05, 0.1) is 13.2 Å². The molecule has 8 heteroatoms. The lowest BCUT2D eigenvalue weighted by Crippen LogP contribution is -2.40. The highest BCUT2D eigenvalue weighted by Gasteiger charge is 2.16. The quantitative estimate of drug-likeness (QED) is 0.613. The fraction of sp³-hybridized carbons (Fsp3) is 0.286. The first kappa shape index (κ1) is 20.3. The number of likely N-dealkylation sites (N-methyl/N-ethyl adjacent to an activating group) is 1. The van der Waals surface area contributed by atoms with Crippen LogP contribution >= 0.6 is 0 Å². The molecular weight excluding hydrogens is 368 g/mol. The molecule has 29 heavy (non-hydrogen) atoms. The van der Waals surface area contributed by atoms with Gasteiger partial charge in [-0.25, -0.2) is 14.5 Å². The monoisotopic (exact) mass is 394 g/mol. The van der Waals surface area contributed by atoms with E-state index in [0.717, 1.165) is 16.9 Å². The van der Waals surface area contributed by atoms with E-state index in [1.807, 2.05) is 62.8 Å². The van der Waals surface area contributed by atoms with Crippen LogP contribution in [-0.2, 0) is 6.54 Å². The zero-order valence-corrected chi connectivity index (χ0v) is 16.9. The predicted octanol–water partition coefficient (Wildman–Crippen LogP) is 2.38. The molecule has 2 aromatic heterocycles. The van der Waals surface area contributed by atoms with Crippen molar-refractivity contribution in [2.45, 2.75) is 12.6 Å². The first-order valence-electron chi connectivity index (χ1n) is 9.34. The summed E-state index contributed by atoms with van der Waals surface area (Å²) in [6.45, 7) is 0.870. The molecule has 8 nitrogen and oxygen atoms in total. The maximum absolute atomic E-state index is 12.3. The number of urea groups is 1. The first-order chi connectivity index (χ1) is 14.1. The van der Waals surface area contributed by atoms with E-state index in [1.54, 1.807) is 24.2 Å². The number of rotatable bonds is 8. The topological polar surface area (TPSA) is 84.3 Å². The number of nitrogens with zero attached hydrogens (tertiary/aromatic N) is 4. The largest absolute Gasteiger partial charge is 0.497 e. The van der Waals surface area contributed by atoms with E-state index in [-0.39, 0.29) is 12.1 Å². The molecule has 3 rings (SSSR count). The Morgan fingerprint density at radius 2 is 2.03 bits per heavy atom. The summed E-state index contributed by atoms with van der Waals surface area (Å²) < 4.78 is 6.98. The Bertz CT molecular complexity index is 926. The molecule has 0 fully saturated rings. The number of amides is 2. The highest BCUT2D eigenvalue weighted by molar-refractivity contribution is 5.73. The van der Waals surface area contributed by atoms with Gasteiger partial charge in [0.15, 0.2) is 5.82 Å². The lowest BCUT2D eigenvalue weighted by molar-refractivity contribution is 0.232. The Kier molecular flexibility index (Phi) is 6.80. The highest BCUT2D eigenvalue weighted by atomic mass is 16.5. The molecule has 0 spiro atoms. The molecule has 0 radical (unpaired) electrons. The predicted molar refractivity (Wildman–Crippen MR) is 111 cm³/mol. The molecule has 0 aliphatic carbocycles. The van der Waals surface area contributed by atoms with Crippen molar-refractivity contribution in [2.75, 3.05) is 27.7 Å².